The van der Waals surface area contributed by atoms with Gasteiger partial charge in [0.2, 0.25) is 5.91 Å². The quantitative estimate of drug-likeness (QED) is 0.454. The lowest BCUT2D eigenvalue weighted by Gasteiger charge is -2.22. The van der Waals surface area contributed by atoms with Gasteiger partial charge in [0, 0.05) is 19.2 Å². The number of nitriles is 1. The molecular weight excluding hydrogens is 392 g/mol. The molecule has 0 spiro atoms. The third-order valence-corrected chi connectivity index (χ3v) is 4.34. The average Bonchev–Trinajstić information content (AvgIpc) is 2.74. The monoisotopic (exact) mass is 414 g/mol. The summed E-state index contributed by atoms with van der Waals surface area (Å²) in [6, 6.07) is 7.83. The number of hydrogen-bond donors (Lipinski definition) is 0. The number of rotatable bonds is 9. The summed E-state index contributed by atoms with van der Waals surface area (Å²) < 4.78 is 11.7. The highest BCUT2D eigenvalue weighted by atomic mass is 16.6. The van der Waals surface area contributed by atoms with E-state index in [1.165, 1.54) is 12.0 Å². The molecule has 0 unspecified atom stereocenters. The van der Waals surface area contributed by atoms with Crippen molar-refractivity contribution < 1.29 is 19.2 Å². The molecule has 0 saturated carbocycles. The number of benzene rings is 1. The van der Waals surface area contributed by atoms with Crippen LogP contribution in [0, 0.1) is 21.4 Å². The molecule has 2 rings (SSSR count). The largest absolute Gasteiger partial charge is 0.493 e. The van der Waals surface area contributed by atoms with E-state index in [-0.39, 0.29) is 6.54 Å². The minimum atomic E-state index is -0.754. The number of methoxy groups -OCH3 is 1. The van der Waals surface area contributed by atoms with Crippen molar-refractivity contribution in [2.24, 2.45) is 0 Å². The summed E-state index contributed by atoms with van der Waals surface area (Å²) in [7, 11) is 1.52. The van der Waals surface area contributed by atoms with Crippen molar-refractivity contribution in [3.63, 3.8) is 0 Å². The number of ether oxygens (including phenoxy) is 2. The molecular formula is C20H22N4O6. The second kappa shape index (κ2) is 10.1. The summed E-state index contributed by atoms with van der Waals surface area (Å²) in [6.45, 7) is 4.30. The second-order valence-corrected chi connectivity index (χ2v) is 6.24. The van der Waals surface area contributed by atoms with Gasteiger partial charge in [-0.1, -0.05) is 6.07 Å². The van der Waals surface area contributed by atoms with Crippen LogP contribution in [0.3, 0.4) is 0 Å². The lowest BCUT2D eigenvalue weighted by molar-refractivity contribution is -0.385. The molecule has 1 amide bonds. The number of carbonyl (C=O) groups is 1. The van der Waals surface area contributed by atoms with E-state index >= 15 is 0 Å². The minimum Gasteiger partial charge on any atom is -0.493 e. The first-order valence-electron chi connectivity index (χ1n) is 9.21. The molecule has 2 aromatic rings. The van der Waals surface area contributed by atoms with Gasteiger partial charge in [0.25, 0.3) is 11.2 Å². The van der Waals surface area contributed by atoms with E-state index in [4.69, 9.17) is 14.7 Å². The summed E-state index contributed by atoms with van der Waals surface area (Å²) in [6.07, 6.45) is 0.967. The van der Waals surface area contributed by atoms with Crippen LogP contribution in [-0.4, -0.2) is 40.6 Å². The third kappa shape index (κ3) is 5.14. The molecule has 10 nitrogen and oxygen atoms in total. The van der Waals surface area contributed by atoms with Crippen LogP contribution in [0.1, 0.15) is 25.0 Å². The van der Waals surface area contributed by atoms with Crippen LogP contribution >= 0.6 is 0 Å². The maximum atomic E-state index is 12.8. The second-order valence-electron chi connectivity index (χ2n) is 6.24. The van der Waals surface area contributed by atoms with Crippen molar-refractivity contribution in [2.45, 2.75) is 26.9 Å². The molecule has 1 aromatic carbocycles. The summed E-state index contributed by atoms with van der Waals surface area (Å²) in [5, 5.41) is 20.1. The number of carbonyl (C=O) groups excluding carboxylic acids is 1. The Bertz CT molecular complexity index is 1040. The highest BCUT2D eigenvalue weighted by Gasteiger charge is 2.19. The first-order valence-corrected chi connectivity index (χ1v) is 9.21. The fourth-order valence-electron chi connectivity index (χ4n) is 2.84. The summed E-state index contributed by atoms with van der Waals surface area (Å²) >= 11 is 0. The van der Waals surface area contributed by atoms with Gasteiger partial charge in [-0.2, -0.15) is 5.26 Å². The van der Waals surface area contributed by atoms with Crippen LogP contribution in [0.5, 0.6) is 11.5 Å². The van der Waals surface area contributed by atoms with Crippen molar-refractivity contribution >= 4 is 11.6 Å². The highest BCUT2D eigenvalue weighted by Crippen LogP contribution is 2.28. The van der Waals surface area contributed by atoms with Crippen molar-refractivity contribution in [1.82, 2.24) is 9.47 Å². The Balaban J connectivity index is 2.26. The molecule has 0 bridgehead atoms. The number of hydrogen-bond acceptors (Lipinski definition) is 7. The summed E-state index contributed by atoms with van der Waals surface area (Å²) in [5.74, 6) is 0.702. The van der Waals surface area contributed by atoms with E-state index in [2.05, 4.69) is 0 Å². The molecule has 1 heterocycles. The zero-order valence-electron chi connectivity index (χ0n) is 17.0. The zero-order valence-corrected chi connectivity index (χ0v) is 17.0. The van der Waals surface area contributed by atoms with Crippen LogP contribution in [0.15, 0.2) is 35.3 Å². The molecule has 158 valence electrons. The van der Waals surface area contributed by atoms with E-state index in [9.17, 15) is 19.7 Å². The molecule has 0 radical (unpaired) electrons. The highest BCUT2D eigenvalue weighted by molar-refractivity contribution is 5.76. The maximum Gasteiger partial charge on any atom is 0.287 e. The van der Waals surface area contributed by atoms with Gasteiger partial charge < -0.3 is 14.4 Å². The van der Waals surface area contributed by atoms with Crippen LogP contribution in [-0.2, 0) is 17.9 Å². The molecule has 0 aliphatic rings. The number of likely N-dealkylation sites (N-methyl/N-ethyl adjacent to an activating group) is 1. The van der Waals surface area contributed by atoms with Crippen molar-refractivity contribution in [2.75, 3.05) is 20.3 Å². The smallest absolute Gasteiger partial charge is 0.287 e. The minimum absolute atomic E-state index is 0.243. The van der Waals surface area contributed by atoms with Crippen molar-refractivity contribution in [3.8, 4) is 17.6 Å². The van der Waals surface area contributed by atoms with E-state index in [0.29, 0.717) is 24.7 Å². The van der Waals surface area contributed by atoms with Gasteiger partial charge in [-0.15, -0.1) is 0 Å². The van der Waals surface area contributed by atoms with Crippen LogP contribution < -0.4 is 15.0 Å². The molecule has 0 saturated heterocycles. The fourth-order valence-corrected chi connectivity index (χ4v) is 2.84. The Kier molecular flexibility index (Phi) is 7.52. The Morgan fingerprint density at radius 3 is 2.60 bits per heavy atom. The lowest BCUT2D eigenvalue weighted by atomic mass is 10.2. The average molecular weight is 414 g/mol. The molecule has 0 N–H and O–H groups in total. The number of amides is 1. The van der Waals surface area contributed by atoms with E-state index in [0.717, 1.165) is 22.4 Å². The first-order chi connectivity index (χ1) is 14.3. The van der Waals surface area contributed by atoms with Gasteiger partial charge in [0.1, 0.15) is 18.2 Å². The Hall–Kier alpha value is -3.87. The van der Waals surface area contributed by atoms with Gasteiger partial charge >= 0.3 is 0 Å². The molecule has 0 aliphatic carbocycles. The zero-order chi connectivity index (χ0) is 22.3. The van der Waals surface area contributed by atoms with Gasteiger partial charge in [0.05, 0.1) is 24.8 Å². The fraction of sp³-hybridized carbons (Fsp3) is 0.350. The third-order valence-electron chi connectivity index (χ3n) is 4.34. The van der Waals surface area contributed by atoms with Crippen molar-refractivity contribution in [1.29, 1.82) is 5.26 Å². The Labute approximate surface area is 173 Å². The molecule has 10 heteroatoms. The van der Waals surface area contributed by atoms with E-state index in [1.54, 1.807) is 31.2 Å². The van der Waals surface area contributed by atoms with Crippen molar-refractivity contribution in [3.05, 3.63) is 62.1 Å². The number of pyridine rings is 1. The predicted molar refractivity (Wildman–Crippen MR) is 107 cm³/mol. The number of aromatic nitrogens is 1. The molecule has 0 aliphatic heterocycles. The van der Waals surface area contributed by atoms with E-state index in [1.807, 2.05) is 6.92 Å². The van der Waals surface area contributed by atoms with Crippen LogP contribution in [0.2, 0.25) is 0 Å². The van der Waals surface area contributed by atoms with Gasteiger partial charge in [-0.25, -0.2) is 0 Å². The first kappa shape index (κ1) is 22.4. The van der Waals surface area contributed by atoms with Crippen LogP contribution in [0.4, 0.5) is 5.69 Å². The van der Waals surface area contributed by atoms with E-state index < -0.39 is 34.2 Å². The predicted octanol–water partition coefficient (Wildman–Crippen LogP) is 2.08. The SMILES string of the molecule is CCOc1ccc(CN(CC)C(=O)Cn2cc([N+](=O)[O-])cc(C#N)c2=O)cc1OC. The standard InChI is InChI=1S/C20H22N4O6/c1-4-22(11-14-6-7-17(30-5-2)18(8-14)29-3)19(25)13-23-12-16(24(27)28)9-15(10-21)20(23)26/h6-9,12H,4-5,11,13H2,1-3H3. The summed E-state index contributed by atoms with van der Waals surface area (Å²) in [5.41, 5.74) is -0.792. The number of nitro groups is 1. The Morgan fingerprint density at radius 1 is 1.30 bits per heavy atom. The van der Waals surface area contributed by atoms with Gasteiger partial charge in [0.15, 0.2) is 11.5 Å². The molecule has 30 heavy (non-hydrogen) atoms. The molecule has 0 fully saturated rings. The van der Waals surface area contributed by atoms with Crippen LogP contribution in [0.25, 0.3) is 0 Å². The topological polar surface area (TPSA) is 128 Å². The normalized spacial score (nSPS) is 10.2. The maximum absolute atomic E-state index is 12.8. The lowest BCUT2D eigenvalue weighted by Crippen LogP contribution is -2.36. The summed E-state index contributed by atoms with van der Waals surface area (Å²) in [4.78, 5) is 36.9. The number of nitrogens with zero attached hydrogens (tertiary/aromatic N) is 4. The molecule has 1 aromatic heterocycles. The van der Waals surface area contributed by atoms with Gasteiger partial charge in [-0.3, -0.25) is 24.3 Å². The molecule has 0 atom stereocenters. The van der Waals surface area contributed by atoms with Gasteiger partial charge in [-0.05, 0) is 31.5 Å². The Morgan fingerprint density at radius 2 is 2.03 bits per heavy atom.